The monoisotopic (exact) mass is 471 g/mol. The van der Waals surface area contributed by atoms with Crippen LogP contribution < -0.4 is 16.0 Å². The van der Waals surface area contributed by atoms with Gasteiger partial charge in [-0.1, -0.05) is 79.1 Å². The van der Waals surface area contributed by atoms with Gasteiger partial charge in [-0.25, -0.2) is 4.79 Å². The van der Waals surface area contributed by atoms with Crippen LogP contribution in [-0.2, 0) is 4.79 Å². The van der Waals surface area contributed by atoms with Crippen molar-refractivity contribution in [1.29, 1.82) is 0 Å². The van der Waals surface area contributed by atoms with E-state index in [1.165, 1.54) is 11.3 Å². The van der Waals surface area contributed by atoms with Crippen LogP contribution in [0, 0.1) is 19.8 Å². The normalized spacial score (nSPS) is 12.7. The van der Waals surface area contributed by atoms with Gasteiger partial charge in [-0.15, -0.1) is 10.2 Å². The zero-order chi connectivity index (χ0) is 23.3. The summed E-state index contributed by atoms with van der Waals surface area (Å²) in [6.07, 6.45) is 0.708. The molecule has 0 aliphatic carbocycles. The minimum Gasteiger partial charge on any atom is -0.326 e. The van der Waals surface area contributed by atoms with Crippen LogP contribution >= 0.6 is 22.9 Å². The molecule has 2 unspecified atom stereocenters. The molecule has 1 aromatic heterocycles. The van der Waals surface area contributed by atoms with Crippen LogP contribution in [0.3, 0.4) is 0 Å². The number of aromatic nitrogens is 2. The van der Waals surface area contributed by atoms with E-state index in [2.05, 4.69) is 26.1 Å². The number of amides is 3. The van der Waals surface area contributed by atoms with E-state index in [1.54, 1.807) is 12.1 Å². The molecule has 2 aromatic carbocycles. The van der Waals surface area contributed by atoms with E-state index in [9.17, 15) is 9.59 Å². The molecule has 168 valence electrons. The number of carbonyl (C=O) groups excluding carboxylic acids is 2. The first-order valence-electron chi connectivity index (χ1n) is 10.3. The first-order valence-corrected chi connectivity index (χ1v) is 11.5. The number of nitrogens with one attached hydrogen (secondary N) is 3. The Morgan fingerprint density at radius 2 is 1.78 bits per heavy atom. The summed E-state index contributed by atoms with van der Waals surface area (Å²) < 4.78 is 0. The molecule has 3 N–H and O–H groups in total. The molecule has 2 atom stereocenters. The lowest BCUT2D eigenvalue weighted by Gasteiger charge is -2.23. The van der Waals surface area contributed by atoms with Crippen LogP contribution in [0.5, 0.6) is 0 Å². The number of urea groups is 1. The summed E-state index contributed by atoms with van der Waals surface area (Å²) in [5.74, 6) is -0.435. The minimum atomic E-state index is -0.743. The van der Waals surface area contributed by atoms with Crippen LogP contribution in [0.25, 0.3) is 10.6 Å². The van der Waals surface area contributed by atoms with Gasteiger partial charge in [0.15, 0.2) is 0 Å². The highest BCUT2D eigenvalue weighted by atomic mass is 35.5. The molecule has 32 heavy (non-hydrogen) atoms. The van der Waals surface area contributed by atoms with Crippen molar-refractivity contribution in [3.05, 3.63) is 58.6 Å². The van der Waals surface area contributed by atoms with E-state index in [4.69, 9.17) is 11.6 Å². The molecule has 0 spiro atoms. The Balaban J connectivity index is 1.67. The van der Waals surface area contributed by atoms with Crippen LogP contribution in [0.4, 0.5) is 15.6 Å². The van der Waals surface area contributed by atoms with E-state index in [0.29, 0.717) is 27.3 Å². The van der Waals surface area contributed by atoms with E-state index in [1.807, 2.05) is 58.0 Å². The van der Waals surface area contributed by atoms with Crippen LogP contribution in [0.15, 0.2) is 42.5 Å². The predicted molar refractivity (Wildman–Crippen MR) is 130 cm³/mol. The average molecular weight is 472 g/mol. The fourth-order valence-electron chi connectivity index (χ4n) is 2.95. The summed E-state index contributed by atoms with van der Waals surface area (Å²) >= 11 is 7.41. The van der Waals surface area contributed by atoms with E-state index >= 15 is 0 Å². The standard InChI is InChI=1S/C23H26ClN5O2S/c1-5-14(3)19(26-22(31)25-17-11-8-15(4)18(24)12-17)20(30)27-23-29-28-21(32-23)16-9-6-13(2)7-10-16/h6-12,14,19H,5H2,1-4H3,(H2,25,26,31)(H,27,29,30). The number of halogens is 1. The molecule has 0 saturated heterocycles. The van der Waals surface area contributed by atoms with Gasteiger partial charge in [0.2, 0.25) is 11.0 Å². The Hall–Kier alpha value is -2.97. The topological polar surface area (TPSA) is 96.0 Å². The summed E-state index contributed by atoms with van der Waals surface area (Å²) in [7, 11) is 0. The number of anilines is 2. The van der Waals surface area contributed by atoms with Gasteiger partial charge in [0, 0.05) is 16.3 Å². The minimum absolute atomic E-state index is 0.0909. The molecule has 3 amide bonds. The van der Waals surface area contributed by atoms with Gasteiger partial charge in [0.25, 0.3) is 0 Å². The van der Waals surface area contributed by atoms with Crippen molar-refractivity contribution in [2.75, 3.05) is 10.6 Å². The molecule has 0 bridgehead atoms. The van der Waals surface area contributed by atoms with Crippen molar-refractivity contribution in [3.63, 3.8) is 0 Å². The first kappa shape index (κ1) is 23.7. The number of aryl methyl sites for hydroxylation is 2. The molecular weight excluding hydrogens is 446 g/mol. The van der Waals surface area contributed by atoms with Gasteiger partial charge in [-0.2, -0.15) is 0 Å². The smallest absolute Gasteiger partial charge is 0.319 e. The van der Waals surface area contributed by atoms with Crippen LogP contribution in [0.1, 0.15) is 31.4 Å². The van der Waals surface area contributed by atoms with Gasteiger partial charge in [-0.3, -0.25) is 10.1 Å². The van der Waals surface area contributed by atoms with Gasteiger partial charge < -0.3 is 10.6 Å². The van der Waals surface area contributed by atoms with Gasteiger partial charge in [0.1, 0.15) is 11.0 Å². The molecule has 0 saturated carbocycles. The fraction of sp³-hybridized carbons (Fsp3) is 0.304. The zero-order valence-corrected chi connectivity index (χ0v) is 20.0. The second-order valence-electron chi connectivity index (χ2n) is 7.69. The molecule has 3 aromatic rings. The third-order valence-electron chi connectivity index (χ3n) is 5.17. The number of hydrogen-bond acceptors (Lipinski definition) is 5. The molecule has 0 radical (unpaired) electrons. The Kier molecular flexibility index (Phi) is 7.82. The Labute approximate surface area is 196 Å². The average Bonchev–Trinajstić information content (AvgIpc) is 3.23. The summed E-state index contributed by atoms with van der Waals surface area (Å²) in [5, 5.41) is 18.2. The number of benzene rings is 2. The SMILES string of the molecule is CCC(C)C(NC(=O)Nc1ccc(C)c(Cl)c1)C(=O)Nc1nnc(-c2ccc(C)cc2)s1. The van der Waals surface area contributed by atoms with E-state index in [-0.39, 0.29) is 11.8 Å². The third-order valence-corrected chi connectivity index (χ3v) is 6.46. The number of carbonyl (C=O) groups is 2. The van der Waals surface area contributed by atoms with E-state index in [0.717, 1.165) is 16.7 Å². The first-order chi connectivity index (χ1) is 15.3. The molecule has 3 rings (SSSR count). The van der Waals surface area contributed by atoms with Crippen molar-refractivity contribution in [2.24, 2.45) is 5.92 Å². The zero-order valence-electron chi connectivity index (χ0n) is 18.4. The van der Waals surface area contributed by atoms with Crippen LogP contribution in [-0.4, -0.2) is 28.2 Å². The molecule has 7 nitrogen and oxygen atoms in total. The van der Waals surface area contributed by atoms with Gasteiger partial charge in [0.05, 0.1) is 0 Å². The van der Waals surface area contributed by atoms with Crippen molar-refractivity contribution < 1.29 is 9.59 Å². The lowest BCUT2D eigenvalue weighted by Crippen LogP contribution is -2.49. The Morgan fingerprint density at radius 1 is 1.06 bits per heavy atom. The van der Waals surface area contributed by atoms with E-state index < -0.39 is 12.1 Å². The lowest BCUT2D eigenvalue weighted by atomic mass is 9.98. The van der Waals surface area contributed by atoms with Crippen molar-refractivity contribution in [1.82, 2.24) is 15.5 Å². The molecule has 9 heteroatoms. The molecule has 0 aliphatic heterocycles. The maximum atomic E-state index is 13.0. The maximum absolute atomic E-state index is 13.0. The number of rotatable bonds is 7. The number of hydrogen-bond donors (Lipinski definition) is 3. The number of nitrogens with zero attached hydrogens (tertiary/aromatic N) is 2. The lowest BCUT2D eigenvalue weighted by molar-refractivity contribution is -0.119. The third kappa shape index (κ3) is 6.05. The molecular formula is C23H26ClN5O2S. The second kappa shape index (κ2) is 10.6. The van der Waals surface area contributed by atoms with Gasteiger partial charge >= 0.3 is 6.03 Å². The van der Waals surface area contributed by atoms with Crippen molar-refractivity contribution in [3.8, 4) is 10.6 Å². The Bertz CT molecular complexity index is 1100. The largest absolute Gasteiger partial charge is 0.326 e. The predicted octanol–water partition coefficient (Wildman–Crippen LogP) is 5.65. The summed E-state index contributed by atoms with van der Waals surface area (Å²) in [6.45, 7) is 7.77. The highest BCUT2D eigenvalue weighted by Gasteiger charge is 2.27. The summed E-state index contributed by atoms with van der Waals surface area (Å²) in [5.41, 5.74) is 3.55. The summed E-state index contributed by atoms with van der Waals surface area (Å²) in [4.78, 5) is 25.5. The molecule has 0 aliphatic rings. The highest BCUT2D eigenvalue weighted by molar-refractivity contribution is 7.18. The van der Waals surface area contributed by atoms with Crippen molar-refractivity contribution in [2.45, 2.75) is 40.2 Å². The maximum Gasteiger partial charge on any atom is 0.319 e. The Morgan fingerprint density at radius 3 is 2.44 bits per heavy atom. The second-order valence-corrected chi connectivity index (χ2v) is 9.08. The molecule has 1 heterocycles. The van der Waals surface area contributed by atoms with Crippen LogP contribution in [0.2, 0.25) is 5.02 Å². The van der Waals surface area contributed by atoms with Crippen molar-refractivity contribution >= 4 is 45.7 Å². The molecule has 0 fully saturated rings. The highest BCUT2D eigenvalue weighted by Crippen LogP contribution is 2.27. The quantitative estimate of drug-likeness (QED) is 0.414. The van der Waals surface area contributed by atoms with Gasteiger partial charge in [-0.05, 0) is 37.5 Å². The fourth-order valence-corrected chi connectivity index (χ4v) is 3.88. The summed E-state index contributed by atoms with van der Waals surface area (Å²) in [6, 6.07) is 11.9.